The summed E-state index contributed by atoms with van der Waals surface area (Å²) in [5.41, 5.74) is 1.31. The molecule has 0 saturated carbocycles. The van der Waals surface area contributed by atoms with Gasteiger partial charge in [0.25, 0.3) is 0 Å². The Morgan fingerprint density at radius 2 is 2.00 bits per heavy atom. The quantitative estimate of drug-likeness (QED) is 0.718. The van der Waals surface area contributed by atoms with Crippen molar-refractivity contribution in [2.75, 3.05) is 6.54 Å². The first-order valence-corrected chi connectivity index (χ1v) is 8.20. The van der Waals surface area contributed by atoms with E-state index in [1.165, 1.54) is 31.2 Å². The molecule has 0 fully saturated rings. The second-order valence-electron chi connectivity index (χ2n) is 6.26. The maximum atomic E-state index is 6.34. The van der Waals surface area contributed by atoms with Crippen LogP contribution in [-0.2, 0) is 0 Å². The highest BCUT2D eigenvalue weighted by Crippen LogP contribution is 2.41. The van der Waals surface area contributed by atoms with E-state index in [1.807, 2.05) is 0 Å². The SMILES string of the molecule is CCCCCC1(C)CC(NCCC)c2ccccc2O1. The number of para-hydroxylation sites is 1. The van der Waals surface area contributed by atoms with Gasteiger partial charge >= 0.3 is 0 Å². The summed E-state index contributed by atoms with van der Waals surface area (Å²) in [6.07, 6.45) is 7.23. The highest BCUT2D eigenvalue weighted by atomic mass is 16.5. The van der Waals surface area contributed by atoms with Crippen LogP contribution in [0.2, 0.25) is 0 Å². The summed E-state index contributed by atoms with van der Waals surface area (Å²) < 4.78 is 6.34. The molecule has 0 amide bonds. The molecule has 1 aromatic carbocycles. The monoisotopic (exact) mass is 275 g/mol. The van der Waals surface area contributed by atoms with Crippen LogP contribution in [0.4, 0.5) is 0 Å². The number of benzene rings is 1. The number of hydrogen-bond donors (Lipinski definition) is 1. The van der Waals surface area contributed by atoms with Crippen molar-refractivity contribution in [3.63, 3.8) is 0 Å². The molecule has 1 aliphatic heterocycles. The summed E-state index contributed by atoms with van der Waals surface area (Å²) in [4.78, 5) is 0. The number of unbranched alkanes of at least 4 members (excludes halogenated alkanes) is 2. The molecule has 1 heterocycles. The molecule has 1 N–H and O–H groups in total. The maximum absolute atomic E-state index is 6.34. The van der Waals surface area contributed by atoms with Gasteiger partial charge in [-0.25, -0.2) is 0 Å². The average Bonchev–Trinajstić information content (AvgIpc) is 2.45. The molecule has 0 bridgehead atoms. The summed E-state index contributed by atoms with van der Waals surface area (Å²) in [6, 6.07) is 8.95. The Hall–Kier alpha value is -1.02. The number of nitrogens with one attached hydrogen (secondary N) is 1. The van der Waals surface area contributed by atoms with Gasteiger partial charge in [-0.3, -0.25) is 0 Å². The van der Waals surface area contributed by atoms with Crippen LogP contribution in [0.25, 0.3) is 0 Å². The summed E-state index contributed by atoms with van der Waals surface area (Å²) in [5, 5.41) is 3.69. The van der Waals surface area contributed by atoms with Crippen LogP contribution in [0.5, 0.6) is 5.75 Å². The second-order valence-corrected chi connectivity index (χ2v) is 6.26. The normalized spacial score (nSPS) is 25.1. The van der Waals surface area contributed by atoms with Crippen LogP contribution < -0.4 is 10.1 Å². The third-order valence-corrected chi connectivity index (χ3v) is 4.24. The van der Waals surface area contributed by atoms with Gasteiger partial charge in [0.1, 0.15) is 11.4 Å². The summed E-state index contributed by atoms with van der Waals surface area (Å²) in [7, 11) is 0. The molecule has 2 rings (SSSR count). The average molecular weight is 275 g/mol. The van der Waals surface area contributed by atoms with Gasteiger partial charge in [0, 0.05) is 18.0 Å². The number of fused-ring (bicyclic) bond motifs is 1. The highest BCUT2D eigenvalue weighted by molar-refractivity contribution is 5.38. The molecule has 0 spiro atoms. The van der Waals surface area contributed by atoms with Crippen LogP contribution in [0.1, 0.15) is 70.9 Å². The summed E-state index contributed by atoms with van der Waals surface area (Å²) in [5.74, 6) is 1.08. The smallest absolute Gasteiger partial charge is 0.124 e. The van der Waals surface area contributed by atoms with Crippen molar-refractivity contribution in [1.82, 2.24) is 5.32 Å². The molecule has 2 unspecified atom stereocenters. The Kier molecular flexibility index (Phi) is 5.47. The third-order valence-electron chi connectivity index (χ3n) is 4.24. The molecule has 1 aromatic rings. The lowest BCUT2D eigenvalue weighted by Crippen LogP contribution is -2.42. The van der Waals surface area contributed by atoms with Crippen molar-refractivity contribution < 1.29 is 4.74 Å². The van der Waals surface area contributed by atoms with Gasteiger partial charge in [-0.1, -0.05) is 44.9 Å². The van der Waals surface area contributed by atoms with Crippen LogP contribution >= 0.6 is 0 Å². The largest absolute Gasteiger partial charge is 0.487 e. The Morgan fingerprint density at radius 1 is 1.20 bits per heavy atom. The lowest BCUT2D eigenvalue weighted by molar-refractivity contribution is 0.0374. The fourth-order valence-electron chi connectivity index (χ4n) is 3.11. The van der Waals surface area contributed by atoms with Crippen LogP contribution in [0.15, 0.2) is 24.3 Å². The Balaban J connectivity index is 2.12. The zero-order chi connectivity index (χ0) is 14.4. The van der Waals surface area contributed by atoms with Crippen molar-refractivity contribution in [2.45, 2.75) is 70.9 Å². The lowest BCUT2D eigenvalue weighted by Gasteiger charge is -2.40. The van der Waals surface area contributed by atoms with Gasteiger partial charge in [0.15, 0.2) is 0 Å². The Bertz CT molecular complexity index is 418. The molecule has 1 aliphatic rings. The topological polar surface area (TPSA) is 21.3 Å². The minimum absolute atomic E-state index is 0.0189. The minimum Gasteiger partial charge on any atom is -0.487 e. The maximum Gasteiger partial charge on any atom is 0.124 e. The van der Waals surface area contributed by atoms with E-state index in [1.54, 1.807) is 0 Å². The summed E-state index contributed by atoms with van der Waals surface area (Å²) >= 11 is 0. The third kappa shape index (κ3) is 3.76. The molecule has 0 radical (unpaired) electrons. The molecule has 0 aromatic heterocycles. The van der Waals surface area contributed by atoms with E-state index in [4.69, 9.17) is 4.74 Å². The van der Waals surface area contributed by atoms with E-state index in [-0.39, 0.29) is 5.60 Å². The van der Waals surface area contributed by atoms with Crippen molar-refractivity contribution >= 4 is 0 Å². The Labute approximate surface area is 123 Å². The molecule has 0 aliphatic carbocycles. The zero-order valence-corrected chi connectivity index (χ0v) is 13.2. The standard InChI is InChI=1S/C18H29NO/c1-4-6-9-12-18(3)14-16(19-13-5-2)15-10-7-8-11-17(15)20-18/h7-8,10-11,16,19H,4-6,9,12-14H2,1-3H3. The van der Waals surface area contributed by atoms with E-state index in [9.17, 15) is 0 Å². The van der Waals surface area contributed by atoms with Crippen molar-refractivity contribution in [2.24, 2.45) is 0 Å². The van der Waals surface area contributed by atoms with Gasteiger partial charge in [-0.15, -0.1) is 0 Å². The number of hydrogen-bond acceptors (Lipinski definition) is 2. The van der Waals surface area contributed by atoms with Crippen LogP contribution in [0.3, 0.4) is 0 Å². The van der Waals surface area contributed by atoms with E-state index < -0.39 is 0 Å². The van der Waals surface area contributed by atoms with Crippen molar-refractivity contribution in [1.29, 1.82) is 0 Å². The van der Waals surface area contributed by atoms with E-state index in [0.717, 1.165) is 25.1 Å². The Morgan fingerprint density at radius 3 is 2.75 bits per heavy atom. The van der Waals surface area contributed by atoms with Gasteiger partial charge < -0.3 is 10.1 Å². The second kappa shape index (κ2) is 7.12. The van der Waals surface area contributed by atoms with Crippen molar-refractivity contribution in [3.05, 3.63) is 29.8 Å². The molecule has 2 nitrogen and oxygen atoms in total. The number of rotatable bonds is 7. The molecule has 2 heteroatoms. The predicted molar refractivity (Wildman–Crippen MR) is 85.3 cm³/mol. The first kappa shape index (κ1) is 15.4. The van der Waals surface area contributed by atoms with Gasteiger partial charge in [-0.2, -0.15) is 0 Å². The lowest BCUT2D eigenvalue weighted by atomic mass is 9.85. The van der Waals surface area contributed by atoms with E-state index in [0.29, 0.717) is 6.04 Å². The fourth-order valence-corrected chi connectivity index (χ4v) is 3.11. The van der Waals surface area contributed by atoms with Crippen LogP contribution in [0, 0.1) is 0 Å². The molecule has 0 saturated heterocycles. The minimum atomic E-state index is -0.0189. The predicted octanol–water partition coefficient (Wildman–Crippen LogP) is 4.85. The first-order valence-electron chi connectivity index (χ1n) is 8.20. The van der Waals surface area contributed by atoms with Gasteiger partial charge in [-0.05, 0) is 38.8 Å². The van der Waals surface area contributed by atoms with E-state index in [2.05, 4.69) is 50.4 Å². The fraction of sp³-hybridized carbons (Fsp3) is 0.667. The number of ether oxygens (including phenoxy) is 1. The van der Waals surface area contributed by atoms with E-state index >= 15 is 0 Å². The zero-order valence-electron chi connectivity index (χ0n) is 13.2. The van der Waals surface area contributed by atoms with Gasteiger partial charge in [0.05, 0.1) is 0 Å². The molecule has 112 valence electrons. The summed E-state index contributed by atoms with van der Waals surface area (Å²) in [6.45, 7) is 7.83. The first-order chi connectivity index (χ1) is 9.68. The highest BCUT2D eigenvalue weighted by Gasteiger charge is 2.36. The molecular formula is C18H29NO. The molecular weight excluding hydrogens is 246 g/mol. The van der Waals surface area contributed by atoms with Crippen molar-refractivity contribution in [3.8, 4) is 5.75 Å². The van der Waals surface area contributed by atoms with Gasteiger partial charge in [0.2, 0.25) is 0 Å². The molecule has 2 atom stereocenters. The van der Waals surface area contributed by atoms with Crippen LogP contribution in [-0.4, -0.2) is 12.1 Å². The molecule has 20 heavy (non-hydrogen) atoms.